The monoisotopic (exact) mass is 461 g/mol. The Hall–Kier alpha value is -2.18. The molecule has 0 saturated heterocycles. The number of amides is 1. The van der Waals surface area contributed by atoms with Gasteiger partial charge in [0.05, 0.1) is 15.8 Å². The molecule has 0 aliphatic heterocycles. The number of rotatable bonds is 7. The maximum absolute atomic E-state index is 13.3. The van der Waals surface area contributed by atoms with Gasteiger partial charge in [0.1, 0.15) is 5.82 Å². The van der Waals surface area contributed by atoms with Gasteiger partial charge in [0, 0.05) is 12.2 Å². The van der Waals surface area contributed by atoms with Gasteiger partial charge in [-0.15, -0.1) is 0 Å². The summed E-state index contributed by atoms with van der Waals surface area (Å²) in [5, 5.41) is 34.9. The zero-order chi connectivity index (χ0) is 20.0. The molecule has 0 radical (unpaired) electrons. The fraction of sp³-hybridized carbons (Fsp3) is 0.333. The molecular formula is C15H17BrFN5O4S. The summed E-state index contributed by atoms with van der Waals surface area (Å²) in [7, 11) is 0. The normalized spacial score (nSPS) is 12.1. The van der Waals surface area contributed by atoms with Crippen molar-refractivity contribution in [1.29, 1.82) is 0 Å². The van der Waals surface area contributed by atoms with Crippen molar-refractivity contribution in [2.45, 2.75) is 24.5 Å². The van der Waals surface area contributed by atoms with Crippen molar-refractivity contribution in [2.75, 3.05) is 17.6 Å². The lowest BCUT2D eigenvalue weighted by atomic mass is 10.1. The van der Waals surface area contributed by atoms with Crippen LogP contribution in [0.25, 0.3) is 0 Å². The Kier molecular flexibility index (Phi) is 7.16. The van der Waals surface area contributed by atoms with Gasteiger partial charge >= 0.3 is 0 Å². The number of hydrogen-bond donors (Lipinski definition) is 4. The van der Waals surface area contributed by atoms with E-state index in [-0.39, 0.29) is 39.2 Å². The van der Waals surface area contributed by atoms with Gasteiger partial charge in [-0.3, -0.25) is 4.79 Å². The van der Waals surface area contributed by atoms with Gasteiger partial charge in [-0.1, -0.05) is 16.9 Å². The van der Waals surface area contributed by atoms with E-state index >= 15 is 0 Å². The molecule has 1 aromatic carbocycles. The number of hydrogen-bond acceptors (Lipinski definition) is 8. The Morgan fingerprint density at radius 2 is 2.19 bits per heavy atom. The quantitative estimate of drug-likeness (QED) is 0.162. The molecule has 4 N–H and O–H groups in total. The first kappa shape index (κ1) is 21.1. The first-order valence-electron chi connectivity index (χ1n) is 7.58. The second-order valence-corrected chi connectivity index (χ2v) is 7.82. The molecule has 0 bridgehead atoms. The van der Waals surface area contributed by atoms with E-state index < -0.39 is 11.4 Å². The number of oxime groups is 1. The number of aliphatic hydroxyl groups is 1. The van der Waals surface area contributed by atoms with E-state index in [1.807, 2.05) is 0 Å². The van der Waals surface area contributed by atoms with Crippen molar-refractivity contribution < 1.29 is 24.1 Å². The summed E-state index contributed by atoms with van der Waals surface area (Å²) in [5.74, 6) is -0.874. The van der Waals surface area contributed by atoms with Crippen LogP contribution < -0.4 is 10.6 Å². The third-order valence-corrected chi connectivity index (χ3v) is 4.58. The number of anilines is 1. The molecule has 27 heavy (non-hydrogen) atoms. The second-order valence-electron chi connectivity index (χ2n) is 6.00. The summed E-state index contributed by atoms with van der Waals surface area (Å²) in [4.78, 5) is 11.8. The number of halogens is 2. The van der Waals surface area contributed by atoms with Crippen molar-refractivity contribution >= 4 is 45.1 Å². The van der Waals surface area contributed by atoms with E-state index in [0.29, 0.717) is 5.69 Å². The molecule has 0 aliphatic carbocycles. The molecule has 0 atom stereocenters. The standard InChI is InChI=1S/C15H17BrFN5O4S/c1-15(2,24)7-18-11(23)6-27-14-12(21-26-22-14)13(20-25)19-8-3-4-10(17)9(16)5-8/h3-5,24-25H,6-7H2,1-2H3,(H,18,23)(H,19,20). The van der Waals surface area contributed by atoms with Crippen LogP contribution in [0.2, 0.25) is 0 Å². The molecule has 0 unspecified atom stereocenters. The molecule has 9 nitrogen and oxygen atoms in total. The van der Waals surface area contributed by atoms with Gasteiger partial charge in [-0.05, 0) is 58.3 Å². The summed E-state index contributed by atoms with van der Waals surface area (Å²) in [6.07, 6.45) is 0. The summed E-state index contributed by atoms with van der Waals surface area (Å²) >= 11 is 4.07. The number of aromatic nitrogens is 2. The van der Waals surface area contributed by atoms with Crippen LogP contribution in [0.5, 0.6) is 0 Å². The maximum atomic E-state index is 13.3. The van der Waals surface area contributed by atoms with E-state index in [1.54, 1.807) is 13.8 Å². The van der Waals surface area contributed by atoms with E-state index in [0.717, 1.165) is 11.8 Å². The number of nitrogens with zero attached hydrogens (tertiary/aromatic N) is 3. The molecule has 2 aromatic rings. The Labute approximate surface area is 166 Å². The first-order chi connectivity index (χ1) is 12.7. The predicted molar refractivity (Wildman–Crippen MR) is 100 cm³/mol. The highest BCUT2D eigenvalue weighted by Crippen LogP contribution is 2.23. The second kappa shape index (κ2) is 9.15. The third kappa shape index (κ3) is 6.48. The molecule has 0 aliphatic rings. The number of amidine groups is 1. The number of thioether (sulfide) groups is 1. The van der Waals surface area contributed by atoms with Crippen LogP contribution in [0.1, 0.15) is 19.5 Å². The van der Waals surface area contributed by atoms with Crippen LogP contribution in [0, 0.1) is 5.82 Å². The largest absolute Gasteiger partial charge is 0.409 e. The van der Waals surface area contributed by atoms with Crippen LogP contribution in [-0.2, 0) is 4.79 Å². The van der Waals surface area contributed by atoms with E-state index in [4.69, 9.17) is 0 Å². The molecule has 0 spiro atoms. The molecule has 1 heterocycles. The van der Waals surface area contributed by atoms with Crippen LogP contribution in [0.4, 0.5) is 10.1 Å². The zero-order valence-electron chi connectivity index (χ0n) is 14.4. The van der Waals surface area contributed by atoms with Crippen molar-refractivity contribution in [3.8, 4) is 0 Å². The van der Waals surface area contributed by atoms with Gasteiger partial charge in [0.2, 0.25) is 11.7 Å². The molecule has 2 rings (SSSR count). The average Bonchev–Trinajstić information content (AvgIpc) is 3.07. The molecule has 1 aromatic heterocycles. The summed E-state index contributed by atoms with van der Waals surface area (Å²) in [6, 6.07) is 4.12. The third-order valence-electron chi connectivity index (χ3n) is 3.02. The number of carbonyl (C=O) groups is 1. The molecule has 146 valence electrons. The van der Waals surface area contributed by atoms with Gasteiger partial charge in [0.25, 0.3) is 0 Å². The lowest BCUT2D eigenvalue weighted by molar-refractivity contribution is -0.119. The van der Waals surface area contributed by atoms with Crippen LogP contribution in [0.3, 0.4) is 0 Å². The average molecular weight is 462 g/mol. The SMILES string of the molecule is CC(C)(O)CNC(=O)CSc1nonc1/C(=N/O)Nc1ccc(F)c(Br)c1. The van der Waals surface area contributed by atoms with Crippen molar-refractivity contribution in [3.05, 3.63) is 34.2 Å². The minimum absolute atomic E-state index is 0.0158. The van der Waals surface area contributed by atoms with Gasteiger partial charge in [-0.2, -0.15) is 0 Å². The Bertz CT molecular complexity index is 840. The van der Waals surface area contributed by atoms with E-state index in [1.165, 1.54) is 18.2 Å². The molecular weight excluding hydrogens is 445 g/mol. The smallest absolute Gasteiger partial charge is 0.230 e. The fourth-order valence-electron chi connectivity index (χ4n) is 1.76. The van der Waals surface area contributed by atoms with Crippen molar-refractivity contribution in [3.63, 3.8) is 0 Å². The van der Waals surface area contributed by atoms with Gasteiger partial charge in [-0.25, -0.2) is 9.02 Å². The lowest BCUT2D eigenvalue weighted by Gasteiger charge is -2.17. The molecule has 0 saturated carbocycles. The number of carbonyl (C=O) groups excluding carboxylic acids is 1. The Balaban J connectivity index is 2.03. The van der Waals surface area contributed by atoms with E-state index in [2.05, 4.69) is 46.7 Å². The fourth-order valence-corrected chi connectivity index (χ4v) is 2.87. The Morgan fingerprint density at radius 1 is 1.44 bits per heavy atom. The van der Waals surface area contributed by atoms with Gasteiger partial charge in [0.15, 0.2) is 10.7 Å². The van der Waals surface area contributed by atoms with Crippen LogP contribution in [0.15, 0.2) is 37.5 Å². The van der Waals surface area contributed by atoms with Crippen LogP contribution in [-0.4, -0.2) is 50.3 Å². The first-order valence-corrected chi connectivity index (χ1v) is 9.36. The number of nitrogens with one attached hydrogen (secondary N) is 2. The Morgan fingerprint density at radius 3 is 2.81 bits per heavy atom. The van der Waals surface area contributed by atoms with E-state index in [9.17, 15) is 19.5 Å². The summed E-state index contributed by atoms with van der Waals surface area (Å²) in [5.41, 5.74) is -0.512. The maximum Gasteiger partial charge on any atom is 0.230 e. The highest BCUT2D eigenvalue weighted by Gasteiger charge is 2.20. The minimum Gasteiger partial charge on any atom is -0.409 e. The highest BCUT2D eigenvalue weighted by atomic mass is 79.9. The van der Waals surface area contributed by atoms with Gasteiger partial charge < -0.3 is 20.9 Å². The van der Waals surface area contributed by atoms with Crippen molar-refractivity contribution in [2.24, 2.45) is 5.16 Å². The summed E-state index contributed by atoms with van der Waals surface area (Å²) in [6.45, 7) is 3.24. The van der Waals surface area contributed by atoms with Crippen molar-refractivity contribution in [1.82, 2.24) is 15.6 Å². The summed E-state index contributed by atoms with van der Waals surface area (Å²) < 4.78 is 18.2. The molecule has 12 heteroatoms. The lowest BCUT2D eigenvalue weighted by Crippen LogP contribution is -2.38. The topological polar surface area (TPSA) is 133 Å². The molecule has 1 amide bonds. The molecule has 0 fully saturated rings. The number of benzene rings is 1. The predicted octanol–water partition coefficient (Wildman–Crippen LogP) is 2.20. The zero-order valence-corrected chi connectivity index (χ0v) is 16.8. The highest BCUT2D eigenvalue weighted by molar-refractivity contribution is 9.10. The van der Waals surface area contributed by atoms with Crippen LogP contribution >= 0.6 is 27.7 Å². The minimum atomic E-state index is -1.02.